The quantitative estimate of drug-likeness (QED) is 0.215. The van der Waals surface area contributed by atoms with Gasteiger partial charge in [-0.15, -0.1) is 0 Å². The topological polar surface area (TPSA) is 3.24 Å². The average molecular weight is 388 g/mol. The molecule has 0 aliphatic heterocycles. The van der Waals surface area contributed by atoms with E-state index in [0.29, 0.717) is 0 Å². The zero-order chi connectivity index (χ0) is 20.3. The van der Waals surface area contributed by atoms with Crippen LogP contribution in [-0.4, -0.2) is 19.0 Å². The fourth-order valence-electron chi connectivity index (χ4n) is 4.05. The molecule has 0 atom stereocenters. The number of rotatable bonds is 19. The maximum absolute atomic E-state index is 2.32. The van der Waals surface area contributed by atoms with E-state index in [-0.39, 0.29) is 0 Å². The minimum atomic E-state index is 1.04. The van der Waals surface area contributed by atoms with Crippen molar-refractivity contribution in [3.05, 3.63) is 35.4 Å². The second-order valence-corrected chi connectivity index (χ2v) is 9.11. The fraction of sp³-hybridized carbons (Fsp3) is 0.778. The van der Waals surface area contributed by atoms with Gasteiger partial charge in [-0.2, -0.15) is 0 Å². The number of unbranched alkanes of at least 4 members (excludes halogenated alkanes) is 15. The molecule has 0 unspecified atom stereocenters. The van der Waals surface area contributed by atoms with Crippen LogP contribution in [0.2, 0.25) is 0 Å². The lowest BCUT2D eigenvalue weighted by molar-refractivity contribution is 0.402. The van der Waals surface area contributed by atoms with Crippen LogP contribution in [0.15, 0.2) is 24.3 Å². The summed E-state index contributed by atoms with van der Waals surface area (Å²) in [5.41, 5.74) is 2.92. The lowest BCUT2D eigenvalue weighted by Crippen LogP contribution is -2.10. The van der Waals surface area contributed by atoms with E-state index in [0.717, 1.165) is 6.54 Å². The second-order valence-electron chi connectivity index (χ2n) is 9.11. The van der Waals surface area contributed by atoms with E-state index in [1.807, 2.05) is 0 Å². The molecule has 1 rings (SSSR count). The minimum absolute atomic E-state index is 1.04. The lowest BCUT2D eigenvalue weighted by atomic mass is 10.0. The van der Waals surface area contributed by atoms with Gasteiger partial charge in [-0.3, -0.25) is 0 Å². The van der Waals surface area contributed by atoms with Crippen LogP contribution in [-0.2, 0) is 13.0 Å². The van der Waals surface area contributed by atoms with Gasteiger partial charge in [0.1, 0.15) is 0 Å². The number of hydrogen-bond acceptors (Lipinski definition) is 1. The average Bonchev–Trinajstić information content (AvgIpc) is 2.68. The highest BCUT2D eigenvalue weighted by Gasteiger charge is 1.98. The molecular weight excluding hydrogens is 338 g/mol. The molecule has 0 radical (unpaired) electrons. The normalized spacial score (nSPS) is 11.4. The van der Waals surface area contributed by atoms with Gasteiger partial charge in [0.2, 0.25) is 0 Å². The molecule has 1 heteroatoms. The Morgan fingerprint density at radius 2 is 0.857 bits per heavy atom. The molecular formula is C27H49N. The highest BCUT2D eigenvalue weighted by molar-refractivity contribution is 5.22. The first kappa shape index (κ1) is 25.2. The van der Waals surface area contributed by atoms with Crippen LogP contribution in [0.3, 0.4) is 0 Å². The van der Waals surface area contributed by atoms with Crippen LogP contribution in [0.1, 0.15) is 121 Å². The monoisotopic (exact) mass is 387 g/mol. The highest BCUT2D eigenvalue weighted by Crippen LogP contribution is 2.15. The molecule has 0 aliphatic carbocycles. The molecule has 0 N–H and O–H groups in total. The Bertz CT molecular complexity index is 434. The molecule has 0 spiro atoms. The smallest absolute Gasteiger partial charge is 0.0227 e. The fourth-order valence-corrected chi connectivity index (χ4v) is 4.05. The maximum Gasteiger partial charge on any atom is 0.0227 e. The largest absolute Gasteiger partial charge is 0.305 e. The van der Waals surface area contributed by atoms with Gasteiger partial charge in [0.05, 0.1) is 0 Å². The van der Waals surface area contributed by atoms with Crippen LogP contribution >= 0.6 is 0 Å². The predicted molar refractivity (Wildman–Crippen MR) is 127 cm³/mol. The first-order chi connectivity index (χ1) is 13.7. The van der Waals surface area contributed by atoms with E-state index >= 15 is 0 Å². The summed E-state index contributed by atoms with van der Waals surface area (Å²) in [5, 5.41) is 0. The summed E-state index contributed by atoms with van der Waals surface area (Å²) in [5.74, 6) is 0. The summed E-state index contributed by atoms with van der Waals surface area (Å²) in [6.45, 7) is 3.34. The maximum atomic E-state index is 2.32. The molecule has 1 nitrogen and oxygen atoms in total. The van der Waals surface area contributed by atoms with Crippen LogP contribution in [0.25, 0.3) is 0 Å². The summed E-state index contributed by atoms with van der Waals surface area (Å²) in [7, 11) is 4.26. The summed E-state index contributed by atoms with van der Waals surface area (Å²) < 4.78 is 0. The van der Waals surface area contributed by atoms with Crippen molar-refractivity contribution in [1.29, 1.82) is 0 Å². The van der Waals surface area contributed by atoms with E-state index in [2.05, 4.69) is 50.2 Å². The summed E-state index contributed by atoms with van der Waals surface area (Å²) in [6, 6.07) is 9.23. The van der Waals surface area contributed by atoms with Gasteiger partial charge in [-0.25, -0.2) is 0 Å². The molecule has 0 fully saturated rings. The zero-order valence-corrected chi connectivity index (χ0v) is 19.5. The Morgan fingerprint density at radius 1 is 0.500 bits per heavy atom. The molecule has 0 aromatic heterocycles. The van der Waals surface area contributed by atoms with E-state index in [9.17, 15) is 0 Å². The Morgan fingerprint density at radius 3 is 1.25 bits per heavy atom. The third kappa shape index (κ3) is 15.1. The molecule has 0 heterocycles. The van der Waals surface area contributed by atoms with E-state index in [1.54, 1.807) is 0 Å². The molecule has 0 aliphatic rings. The Labute approximate surface area is 177 Å². The third-order valence-electron chi connectivity index (χ3n) is 5.84. The van der Waals surface area contributed by atoms with Crippen molar-refractivity contribution in [2.75, 3.05) is 14.1 Å². The summed E-state index contributed by atoms with van der Waals surface area (Å²) in [4.78, 5) is 2.23. The first-order valence-corrected chi connectivity index (χ1v) is 12.4. The molecule has 0 amide bonds. The van der Waals surface area contributed by atoms with Crippen molar-refractivity contribution in [2.45, 2.75) is 123 Å². The van der Waals surface area contributed by atoms with Gasteiger partial charge in [0.25, 0.3) is 0 Å². The summed E-state index contributed by atoms with van der Waals surface area (Å²) in [6.07, 6.45) is 24.4. The van der Waals surface area contributed by atoms with Crippen LogP contribution in [0, 0.1) is 0 Å². The van der Waals surface area contributed by atoms with Crippen molar-refractivity contribution in [2.24, 2.45) is 0 Å². The first-order valence-electron chi connectivity index (χ1n) is 12.4. The van der Waals surface area contributed by atoms with Crippen LogP contribution in [0.4, 0.5) is 0 Å². The minimum Gasteiger partial charge on any atom is -0.305 e. The standard InChI is InChI=1S/C27H49N/c1-4-5-6-7-8-9-10-11-12-13-14-15-16-17-18-19-20-26-21-23-27(24-22-26)25-28(2)3/h21-24H,4-20,25H2,1-3H3. The van der Waals surface area contributed by atoms with Crippen molar-refractivity contribution in [3.63, 3.8) is 0 Å². The molecule has 1 aromatic rings. The van der Waals surface area contributed by atoms with Gasteiger partial charge in [-0.1, -0.05) is 128 Å². The van der Waals surface area contributed by atoms with Crippen molar-refractivity contribution >= 4 is 0 Å². The lowest BCUT2D eigenvalue weighted by Gasteiger charge is -2.10. The molecule has 28 heavy (non-hydrogen) atoms. The third-order valence-corrected chi connectivity index (χ3v) is 5.84. The van der Waals surface area contributed by atoms with Crippen LogP contribution < -0.4 is 0 Å². The SMILES string of the molecule is CCCCCCCCCCCCCCCCCCc1ccc(CN(C)C)cc1. The Hall–Kier alpha value is -0.820. The molecule has 0 bridgehead atoms. The van der Waals surface area contributed by atoms with Crippen LogP contribution in [0.5, 0.6) is 0 Å². The summed E-state index contributed by atoms with van der Waals surface area (Å²) >= 11 is 0. The van der Waals surface area contributed by atoms with Crippen molar-refractivity contribution in [1.82, 2.24) is 4.90 Å². The Balaban J connectivity index is 1.82. The second kappa shape index (κ2) is 18.2. The van der Waals surface area contributed by atoms with Gasteiger partial charge in [0, 0.05) is 6.54 Å². The number of benzene rings is 1. The van der Waals surface area contributed by atoms with Crippen molar-refractivity contribution in [3.8, 4) is 0 Å². The van der Waals surface area contributed by atoms with E-state index in [1.165, 1.54) is 120 Å². The molecule has 0 saturated carbocycles. The Kier molecular flexibility index (Phi) is 16.4. The van der Waals surface area contributed by atoms with Gasteiger partial charge in [-0.05, 0) is 38.1 Å². The highest BCUT2D eigenvalue weighted by atomic mass is 15.0. The molecule has 162 valence electrons. The molecule has 0 saturated heterocycles. The van der Waals surface area contributed by atoms with Gasteiger partial charge < -0.3 is 4.90 Å². The predicted octanol–water partition coefficient (Wildman–Crippen LogP) is 8.55. The number of nitrogens with zero attached hydrogens (tertiary/aromatic N) is 1. The van der Waals surface area contributed by atoms with E-state index < -0.39 is 0 Å². The van der Waals surface area contributed by atoms with Crippen molar-refractivity contribution < 1.29 is 0 Å². The van der Waals surface area contributed by atoms with Gasteiger partial charge >= 0.3 is 0 Å². The van der Waals surface area contributed by atoms with Gasteiger partial charge in [0.15, 0.2) is 0 Å². The number of hydrogen-bond donors (Lipinski definition) is 0. The number of aryl methyl sites for hydroxylation is 1. The molecule has 1 aromatic carbocycles. The van der Waals surface area contributed by atoms with E-state index in [4.69, 9.17) is 0 Å². The zero-order valence-electron chi connectivity index (χ0n) is 19.5.